The highest BCUT2D eigenvalue weighted by atomic mass is 32.1. The van der Waals surface area contributed by atoms with Gasteiger partial charge >= 0.3 is 0 Å². The van der Waals surface area contributed by atoms with Crippen molar-refractivity contribution >= 4 is 23.2 Å². The molecule has 0 aromatic carbocycles. The van der Waals surface area contributed by atoms with Gasteiger partial charge in [0.1, 0.15) is 5.82 Å². The van der Waals surface area contributed by atoms with Crippen molar-refractivity contribution in [2.75, 3.05) is 19.8 Å². The molecule has 2 saturated heterocycles. The van der Waals surface area contributed by atoms with Crippen LogP contribution in [0.1, 0.15) is 57.9 Å². The number of rotatable bonds is 5. The molecule has 150 valence electrons. The highest BCUT2D eigenvalue weighted by Gasteiger charge is 2.35. The summed E-state index contributed by atoms with van der Waals surface area (Å²) in [4.78, 5) is 33.3. The average Bonchev–Trinajstić information content (AvgIpc) is 3.46. The maximum Gasteiger partial charge on any atom is 0.261 e. The number of carbonyl (C=O) groups excluding carboxylic acids is 2. The lowest BCUT2D eigenvalue weighted by molar-refractivity contribution is -0.139. The highest BCUT2D eigenvalue weighted by Crippen LogP contribution is 2.37. The quantitative estimate of drug-likeness (QED) is 0.797. The molecule has 9 heteroatoms. The van der Waals surface area contributed by atoms with Gasteiger partial charge in [-0.3, -0.25) is 14.7 Å². The summed E-state index contributed by atoms with van der Waals surface area (Å²) in [6.45, 7) is 4.24. The van der Waals surface area contributed by atoms with Gasteiger partial charge in [-0.2, -0.15) is 5.10 Å². The molecule has 2 aromatic rings. The number of carbonyl (C=O) groups is 2. The van der Waals surface area contributed by atoms with E-state index in [9.17, 15) is 9.59 Å². The third-order valence-corrected chi connectivity index (χ3v) is 6.52. The van der Waals surface area contributed by atoms with Gasteiger partial charge in [0, 0.05) is 30.6 Å². The molecule has 2 aromatic heterocycles. The third-order valence-electron chi connectivity index (χ3n) is 5.34. The van der Waals surface area contributed by atoms with E-state index in [0.29, 0.717) is 23.9 Å². The van der Waals surface area contributed by atoms with E-state index in [1.807, 2.05) is 24.0 Å². The molecule has 2 amide bonds. The first kappa shape index (κ1) is 19.1. The third kappa shape index (κ3) is 4.10. The minimum absolute atomic E-state index is 0.0712. The van der Waals surface area contributed by atoms with Crippen molar-refractivity contribution in [2.24, 2.45) is 5.92 Å². The molecule has 0 bridgehead atoms. The number of H-pyrrole nitrogens is 1. The molecule has 0 aliphatic carbocycles. The molecule has 2 N–H and O–H groups in total. The number of aromatic amines is 1. The Balaban J connectivity index is 1.39. The Bertz CT molecular complexity index is 842. The van der Waals surface area contributed by atoms with Crippen molar-refractivity contribution in [3.8, 4) is 0 Å². The monoisotopic (exact) mass is 403 g/mol. The van der Waals surface area contributed by atoms with Crippen LogP contribution in [-0.4, -0.2) is 51.7 Å². The predicted octanol–water partition coefficient (Wildman–Crippen LogP) is 2.19. The Morgan fingerprint density at radius 3 is 2.89 bits per heavy atom. The first-order chi connectivity index (χ1) is 13.6. The molecular formula is C19H25N5O3S. The van der Waals surface area contributed by atoms with E-state index in [-0.39, 0.29) is 30.3 Å². The van der Waals surface area contributed by atoms with Gasteiger partial charge in [-0.15, -0.1) is 11.3 Å². The number of aromatic nitrogens is 3. The predicted molar refractivity (Wildman–Crippen MR) is 104 cm³/mol. The fourth-order valence-corrected chi connectivity index (χ4v) is 4.95. The normalized spacial score (nSPS) is 20.5. The van der Waals surface area contributed by atoms with Crippen molar-refractivity contribution in [1.82, 2.24) is 25.4 Å². The zero-order chi connectivity index (χ0) is 19.5. The zero-order valence-electron chi connectivity index (χ0n) is 15.9. The zero-order valence-corrected chi connectivity index (χ0v) is 16.8. The first-order valence-electron chi connectivity index (χ1n) is 9.76. The van der Waals surface area contributed by atoms with Crippen LogP contribution < -0.4 is 5.32 Å². The molecule has 28 heavy (non-hydrogen) atoms. The van der Waals surface area contributed by atoms with Gasteiger partial charge in [0.05, 0.1) is 17.5 Å². The van der Waals surface area contributed by atoms with Gasteiger partial charge < -0.3 is 15.0 Å². The second-order valence-electron chi connectivity index (χ2n) is 7.30. The Hall–Kier alpha value is -2.26. The van der Waals surface area contributed by atoms with E-state index in [2.05, 4.69) is 20.5 Å². The van der Waals surface area contributed by atoms with Crippen LogP contribution in [0.15, 0.2) is 12.1 Å². The minimum Gasteiger partial charge on any atom is -0.381 e. The summed E-state index contributed by atoms with van der Waals surface area (Å²) >= 11 is 1.47. The summed E-state index contributed by atoms with van der Waals surface area (Å²) in [5.41, 5.74) is 0. The largest absolute Gasteiger partial charge is 0.381 e. The van der Waals surface area contributed by atoms with E-state index in [4.69, 9.17) is 4.74 Å². The smallest absolute Gasteiger partial charge is 0.261 e. The van der Waals surface area contributed by atoms with Crippen LogP contribution in [0.5, 0.6) is 0 Å². The topological polar surface area (TPSA) is 100 Å². The van der Waals surface area contributed by atoms with Gasteiger partial charge in [0.15, 0.2) is 5.82 Å². The second-order valence-corrected chi connectivity index (χ2v) is 8.41. The number of amides is 2. The van der Waals surface area contributed by atoms with Crippen LogP contribution in [0.4, 0.5) is 0 Å². The molecular weight excluding hydrogens is 378 g/mol. The van der Waals surface area contributed by atoms with Crippen molar-refractivity contribution in [3.63, 3.8) is 0 Å². The summed E-state index contributed by atoms with van der Waals surface area (Å²) < 4.78 is 5.39. The van der Waals surface area contributed by atoms with Crippen LogP contribution in [0.25, 0.3) is 0 Å². The number of hydrogen-bond donors (Lipinski definition) is 2. The molecule has 4 rings (SSSR count). The van der Waals surface area contributed by atoms with Gasteiger partial charge in [-0.1, -0.05) is 0 Å². The Kier molecular flexibility index (Phi) is 5.72. The second kappa shape index (κ2) is 8.40. The Morgan fingerprint density at radius 2 is 2.14 bits per heavy atom. The molecule has 8 nitrogen and oxygen atoms in total. The number of hydrogen-bond acceptors (Lipinski definition) is 6. The fourth-order valence-electron chi connectivity index (χ4n) is 3.87. The summed E-state index contributed by atoms with van der Waals surface area (Å²) in [7, 11) is 0. The van der Waals surface area contributed by atoms with E-state index >= 15 is 0 Å². The van der Waals surface area contributed by atoms with Gasteiger partial charge in [-0.25, -0.2) is 4.98 Å². The Labute approximate surface area is 167 Å². The molecule has 2 aliphatic heterocycles. The standard InChI is InChI=1S/C19H25N5O3S/c1-12-21-17(23-22-12)11-20-18(25)16-5-4-15(28-16)14-3-2-8-24(14)19(26)13-6-9-27-10-7-13/h4-5,13-14H,2-3,6-11H2,1H3,(H,20,25)(H,21,22,23)/t14-/m1/s1. The molecule has 2 aliphatic rings. The molecule has 0 unspecified atom stereocenters. The summed E-state index contributed by atoms with van der Waals surface area (Å²) in [5, 5.41) is 9.63. The number of nitrogens with one attached hydrogen (secondary N) is 2. The van der Waals surface area contributed by atoms with E-state index in [1.165, 1.54) is 11.3 Å². The summed E-state index contributed by atoms with van der Waals surface area (Å²) in [6.07, 6.45) is 3.57. The molecule has 1 atom stereocenters. The highest BCUT2D eigenvalue weighted by molar-refractivity contribution is 7.14. The molecule has 2 fully saturated rings. The van der Waals surface area contributed by atoms with Crippen LogP contribution in [-0.2, 0) is 16.1 Å². The lowest BCUT2D eigenvalue weighted by atomic mass is 9.98. The number of thiophene rings is 1. The van der Waals surface area contributed by atoms with Crippen molar-refractivity contribution < 1.29 is 14.3 Å². The van der Waals surface area contributed by atoms with Crippen molar-refractivity contribution in [3.05, 3.63) is 33.5 Å². The summed E-state index contributed by atoms with van der Waals surface area (Å²) in [6, 6.07) is 3.91. The fraction of sp³-hybridized carbons (Fsp3) is 0.579. The maximum atomic E-state index is 13.0. The molecule has 4 heterocycles. The number of likely N-dealkylation sites (tertiary alicyclic amines) is 1. The van der Waals surface area contributed by atoms with E-state index in [1.54, 1.807) is 0 Å². The summed E-state index contributed by atoms with van der Waals surface area (Å²) in [5.74, 6) is 1.45. The molecule has 0 radical (unpaired) electrons. The van der Waals surface area contributed by atoms with Crippen molar-refractivity contribution in [2.45, 2.75) is 45.2 Å². The number of ether oxygens (including phenoxy) is 1. The van der Waals surface area contributed by atoms with E-state index < -0.39 is 0 Å². The molecule has 0 saturated carbocycles. The van der Waals surface area contributed by atoms with Crippen LogP contribution in [0.2, 0.25) is 0 Å². The minimum atomic E-state index is -0.140. The number of nitrogens with zero attached hydrogens (tertiary/aromatic N) is 3. The van der Waals surface area contributed by atoms with E-state index in [0.717, 1.165) is 42.9 Å². The lowest BCUT2D eigenvalue weighted by Crippen LogP contribution is -2.37. The van der Waals surface area contributed by atoms with Gasteiger partial charge in [0.25, 0.3) is 5.91 Å². The SMILES string of the molecule is Cc1nc(CNC(=O)c2ccc([C@H]3CCCN3C(=O)C3CCOCC3)s2)n[nH]1. The number of aryl methyl sites for hydroxylation is 1. The Morgan fingerprint density at radius 1 is 1.32 bits per heavy atom. The van der Waals surface area contributed by atoms with Crippen molar-refractivity contribution in [1.29, 1.82) is 0 Å². The average molecular weight is 404 g/mol. The van der Waals surface area contributed by atoms with Crippen LogP contribution in [0.3, 0.4) is 0 Å². The van der Waals surface area contributed by atoms with Crippen LogP contribution in [0, 0.1) is 12.8 Å². The molecule has 0 spiro atoms. The maximum absolute atomic E-state index is 13.0. The van der Waals surface area contributed by atoms with Crippen LogP contribution >= 0.6 is 11.3 Å². The van der Waals surface area contributed by atoms with Gasteiger partial charge in [-0.05, 0) is 44.7 Å². The van der Waals surface area contributed by atoms with Gasteiger partial charge in [0.2, 0.25) is 5.91 Å². The lowest BCUT2D eigenvalue weighted by Gasteiger charge is -2.30. The first-order valence-corrected chi connectivity index (χ1v) is 10.6.